The molecule has 0 atom stereocenters. The van der Waals surface area contributed by atoms with Gasteiger partial charge < -0.3 is 14.2 Å². The number of ether oxygens (including phenoxy) is 3. The van der Waals surface area contributed by atoms with Gasteiger partial charge in [-0.25, -0.2) is 0 Å². The Bertz CT molecular complexity index is 197. The average Bonchev–Trinajstić information content (AvgIpc) is 2.30. The van der Waals surface area contributed by atoms with Gasteiger partial charge in [0.2, 0.25) is 0 Å². The van der Waals surface area contributed by atoms with E-state index in [1.165, 1.54) is 0 Å². The molecule has 16 heavy (non-hydrogen) atoms. The molecule has 1 saturated carbocycles. The first-order valence-electron chi connectivity index (χ1n) is 6.13. The summed E-state index contributed by atoms with van der Waals surface area (Å²) in [5, 5.41) is 0. The number of carbonyl (C=O) groups excluding carboxylic acids is 1. The molecule has 0 aromatic carbocycles. The molecule has 0 unspecified atom stereocenters. The lowest BCUT2D eigenvalue weighted by Crippen LogP contribution is -2.28. The fourth-order valence-electron chi connectivity index (χ4n) is 1.95. The van der Waals surface area contributed by atoms with Crippen LogP contribution in [0.1, 0.15) is 39.5 Å². The monoisotopic (exact) mass is 230 g/mol. The van der Waals surface area contributed by atoms with E-state index in [1.807, 2.05) is 13.8 Å². The Labute approximate surface area is 97.2 Å². The number of carbonyl (C=O) groups is 1. The van der Waals surface area contributed by atoms with Crippen LogP contribution in [0.3, 0.4) is 0 Å². The normalized spacial score (nSPS) is 25.4. The second-order valence-corrected chi connectivity index (χ2v) is 4.00. The van der Waals surface area contributed by atoms with Gasteiger partial charge in [0.15, 0.2) is 0 Å². The molecule has 0 aliphatic heterocycles. The summed E-state index contributed by atoms with van der Waals surface area (Å²) >= 11 is 0. The van der Waals surface area contributed by atoms with Crippen molar-refractivity contribution in [2.75, 3.05) is 20.0 Å². The minimum atomic E-state index is -0.0502. The van der Waals surface area contributed by atoms with Crippen LogP contribution < -0.4 is 0 Å². The standard InChI is InChI=1S/C12H22O4/c1-3-14-9-16-11-7-5-10(6-8-11)12(13)15-4-2/h10-11H,3-9H2,1-2H3. The quantitative estimate of drug-likeness (QED) is 0.398. The van der Waals surface area contributed by atoms with Crippen LogP contribution in [0.4, 0.5) is 0 Å². The number of hydrogen-bond donors (Lipinski definition) is 0. The highest BCUT2D eigenvalue weighted by molar-refractivity contribution is 5.72. The zero-order valence-electron chi connectivity index (χ0n) is 10.2. The highest BCUT2D eigenvalue weighted by Gasteiger charge is 2.27. The van der Waals surface area contributed by atoms with Gasteiger partial charge in [-0.1, -0.05) is 0 Å². The van der Waals surface area contributed by atoms with E-state index in [-0.39, 0.29) is 18.0 Å². The van der Waals surface area contributed by atoms with Crippen molar-refractivity contribution in [2.24, 2.45) is 5.92 Å². The van der Waals surface area contributed by atoms with Gasteiger partial charge in [-0.2, -0.15) is 0 Å². The molecule has 0 heterocycles. The maximum Gasteiger partial charge on any atom is 0.308 e. The van der Waals surface area contributed by atoms with Crippen LogP contribution in [-0.4, -0.2) is 32.1 Å². The molecule has 0 bridgehead atoms. The minimum Gasteiger partial charge on any atom is -0.466 e. The van der Waals surface area contributed by atoms with Crippen molar-refractivity contribution < 1.29 is 19.0 Å². The van der Waals surface area contributed by atoms with E-state index in [9.17, 15) is 4.79 Å². The fraction of sp³-hybridized carbons (Fsp3) is 0.917. The van der Waals surface area contributed by atoms with Crippen molar-refractivity contribution in [3.05, 3.63) is 0 Å². The van der Waals surface area contributed by atoms with Crippen molar-refractivity contribution in [1.29, 1.82) is 0 Å². The lowest BCUT2D eigenvalue weighted by atomic mass is 9.87. The van der Waals surface area contributed by atoms with E-state index in [0.29, 0.717) is 20.0 Å². The molecule has 4 nitrogen and oxygen atoms in total. The predicted octanol–water partition coefficient (Wildman–Crippen LogP) is 2.12. The first-order chi connectivity index (χ1) is 7.77. The maximum atomic E-state index is 11.5. The second kappa shape index (κ2) is 7.63. The third-order valence-electron chi connectivity index (χ3n) is 2.89. The lowest BCUT2D eigenvalue weighted by molar-refractivity contribution is -0.151. The van der Waals surface area contributed by atoms with Gasteiger partial charge in [0.25, 0.3) is 0 Å². The van der Waals surface area contributed by atoms with Gasteiger partial charge >= 0.3 is 5.97 Å². The molecule has 0 spiro atoms. The summed E-state index contributed by atoms with van der Waals surface area (Å²) in [5.74, 6) is 0.0256. The number of esters is 1. The van der Waals surface area contributed by atoms with E-state index >= 15 is 0 Å². The minimum absolute atomic E-state index is 0.0502. The third-order valence-corrected chi connectivity index (χ3v) is 2.89. The van der Waals surface area contributed by atoms with Gasteiger partial charge in [0, 0.05) is 6.61 Å². The Morgan fingerprint density at radius 3 is 2.38 bits per heavy atom. The van der Waals surface area contributed by atoms with Gasteiger partial charge in [-0.3, -0.25) is 4.79 Å². The molecule has 0 radical (unpaired) electrons. The summed E-state index contributed by atoms with van der Waals surface area (Å²) in [6, 6.07) is 0. The number of hydrogen-bond acceptors (Lipinski definition) is 4. The highest BCUT2D eigenvalue weighted by atomic mass is 16.7. The van der Waals surface area contributed by atoms with E-state index < -0.39 is 0 Å². The van der Waals surface area contributed by atoms with Crippen LogP contribution in [0.2, 0.25) is 0 Å². The SMILES string of the molecule is CCOCOC1CCC(C(=O)OCC)CC1. The Balaban J connectivity index is 2.15. The molecule has 1 fully saturated rings. The second-order valence-electron chi connectivity index (χ2n) is 4.00. The average molecular weight is 230 g/mol. The molecule has 0 amide bonds. The fourth-order valence-corrected chi connectivity index (χ4v) is 1.95. The Hall–Kier alpha value is -0.610. The van der Waals surface area contributed by atoms with E-state index in [4.69, 9.17) is 14.2 Å². The molecule has 0 aromatic heterocycles. The van der Waals surface area contributed by atoms with Gasteiger partial charge in [0.1, 0.15) is 6.79 Å². The molecule has 1 aliphatic carbocycles. The van der Waals surface area contributed by atoms with Crippen molar-refractivity contribution in [2.45, 2.75) is 45.6 Å². The molecule has 1 aliphatic rings. The zero-order valence-corrected chi connectivity index (χ0v) is 10.2. The third kappa shape index (κ3) is 4.49. The highest BCUT2D eigenvalue weighted by Crippen LogP contribution is 2.27. The summed E-state index contributed by atoms with van der Waals surface area (Å²) in [6.45, 7) is 5.30. The van der Waals surface area contributed by atoms with Crippen LogP contribution >= 0.6 is 0 Å². The lowest BCUT2D eigenvalue weighted by Gasteiger charge is -2.27. The molecule has 0 aromatic rings. The Morgan fingerprint density at radius 2 is 1.81 bits per heavy atom. The van der Waals surface area contributed by atoms with E-state index in [2.05, 4.69) is 0 Å². The van der Waals surface area contributed by atoms with Gasteiger partial charge in [-0.15, -0.1) is 0 Å². The first kappa shape index (κ1) is 13.5. The Morgan fingerprint density at radius 1 is 1.12 bits per heavy atom. The van der Waals surface area contributed by atoms with Crippen molar-refractivity contribution in [3.8, 4) is 0 Å². The summed E-state index contributed by atoms with van der Waals surface area (Å²) in [7, 11) is 0. The summed E-state index contributed by atoms with van der Waals surface area (Å²) < 4.78 is 15.7. The molecule has 0 N–H and O–H groups in total. The van der Waals surface area contributed by atoms with Crippen LogP contribution in [0, 0.1) is 5.92 Å². The van der Waals surface area contributed by atoms with Crippen LogP contribution in [0.5, 0.6) is 0 Å². The molecular weight excluding hydrogens is 208 g/mol. The summed E-state index contributed by atoms with van der Waals surface area (Å²) in [5.41, 5.74) is 0. The predicted molar refractivity (Wildman–Crippen MR) is 60.0 cm³/mol. The molecule has 4 heteroatoms. The molecule has 1 rings (SSSR count). The van der Waals surface area contributed by atoms with Crippen molar-refractivity contribution in [1.82, 2.24) is 0 Å². The van der Waals surface area contributed by atoms with Crippen LogP contribution in [-0.2, 0) is 19.0 Å². The smallest absolute Gasteiger partial charge is 0.308 e. The maximum absolute atomic E-state index is 11.5. The van der Waals surface area contributed by atoms with Gasteiger partial charge in [-0.05, 0) is 39.5 Å². The van der Waals surface area contributed by atoms with E-state index in [0.717, 1.165) is 25.7 Å². The molecular formula is C12H22O4. The molecule has 94 valence electrons. The van der Waals surface area contributed by atoms with Crippen molar-refractivity contribution >= 4 is 5.97 Å². The topological polar surface area (TPSA) is 44.8 Å². The van der Waals surface area contributed by atoms with Crippen LogP contribution in [0.25, 0.3) is 0 Å². The van der Waals surface area contributed by atoms with E-state index in [1.54, 1.807) is 0 Å². The largest absolute Gasteiger partial charge is 0.466 e. The molecule has 0 saturated heterocycles. The number of rotatable bonds is 6. The van der Waals surface area contributed by atoms with Gasteiger partial charge in [0.05, 0.1) is 18.6 Å². The first-order valence-corrected chi connectivity index (χ1v) is 6.13. The zero-order chi connectivity index (χ0) is 11.8. The summed E-state index contributed by atoms with van der Waals surface area (Å²) in [4.78, 5) is 11.5. The Kier molecular flexibility index (Phi) is 6.42. The summed E-state index contributed by atoms with van der Waals surface area (Å²) in [6.07, 6.45) is 3.84. The van der Waals surface area contributed by atoms with Crippen LogP contribution in [0.15, 0.2) is 0 Å². The van der Waals surface area contributed by atoms with Crippen molar-refractivity contribution in [3.63, 3.8) is 0 Å².